The van der Waals surface area contributed by atoms with Crippen LogP contribution in [0.15, 0.2) is 0 Å². The van der Waals surface area contributed by atoms with Crippen LogP contribution in [0.2, 0.25) is 0 Å². The fourth-order valence-electron chi connectivity index (χ4n) is 9.58. The molecule has 83 heavy (non-hydrogen) atoms. The highest BCUT2D eigenvalue weighted by atomic mass is 31.2. The molecule has 0 radical (unpaired) electrons. The Morgan fingerprint density at radius 3 is 0.819 bits per heavy atom. The van der Waals surface area contributed by atoms with Crippen molar-refractivity contribution in [1.29, 1.82) is 0 Å². The molecule has 19 heteroatoms. The SMILES string of the molecule is CCCCCCCCCCC(=O)OC[C@H](COP(=O)(O)OC[C@@H](O)COP(=O)(O)OC[C@@H](COC(=O)CCCCCCCCC)OC(=O)CCCCCCCCC)OC(=O)CCCCCCCCCCCCCCCCCCCCC(C)C. The minimum Gasteiger partial charge on any atom is -0.462 e. The van der Waals surface area contributed by atoms with Crippen LogP contribution in [0.1, 0.15) is 324 Å². The van der Waals surface area contributed by atoms with Crippen LogP contribution < -0.4 is 0 Å². The van der Waals surface area contributed by atoms with Crippen LogP contribution in [0.3, 0.4) is 0 Å². The number of phosphoric ester groups is 2. The van der Waals surface area contributed by atoms with Crippen LogP contribution in [0.4, 0.5) is 0 Å². The molecular formula is C64H124O17P2. The van der Waals surface area contributed by atoms with E-state index in [0.29, 0.717) is 25.7 Å². The van der Waals surface area contributed by atoms with Gasteiger partial charge in [-0.15, -0.1) is 0 Å². The van der Waals surface area contributed by atoms with Gasteiger partial charge in [0.2, 0.25) is 0 Å². The molecule has 2 unspecified atom stereocenters. The fourth-order valence-corrected chi connectivity index (χ4v) is 11.2. The molecular weight excluding hydrogens is 1100 g/mol. The van der Waals surface area contributed by atoms with Crippen molar-refractivity contribution < 1.29 is 80.2 Å². The second-order valence-corrected chi connectivity index (χ2v) is 26.5. The predicted octanol–water partition coefficient (Wildman–Crippen LogP) is 17.8. The number of hydrogen-bond donors (Lipinski definition) is 3. The summed E-state index contributed by atoms with van der Waals surface area (Å²) in [5.41, 5.74) is 0. The fraction of sp³-hybridized carbons (Fsp3) is 0.938. The lowest BCUT2D eigenvalue weighted by Crippen LogP contribution is -2.30. The summed E-state index contributed by atoms with van der Waals surface area (Å²) in [7, 11) is -9.87. The van der Waals surface area contributed by atoms with Gasteiger partial charge < -0.3 is 33.8 Å². The van der Waals surface area contributed by atoms with E-state index < -0.39 is 97.5 Å². The number of phosphoric acid groups is 2. The van der Waals surface area contributed by atoms with Gasteiger partial charge in [0.1, 0.15) is 19.3 Å². The highest BCUT2D eigenvalue weighted by Crippen LogP contribution is 2.45. The topological polar surface area (TPSA) is 237 Å². The van der Waals surface area contributed by atoms with Crippen LogP contribution in [0.25, 0.3) is 0 Å². The molecule has 0 aliphatic rings. The average Bonchev–Trinajstić information content (AvgIpc) is 3.47. The van der Waals surface area contributed by atoms with Gasteiger partial charge in [0.25, 0.3) is 0 Å². The van der Waals surface area contributed by atoms with Gasteiger partial charge in [-0.3, -0.25) is 37.3 Å². The number of ether oxygens (including phenoxy) is 4. The lowest BCUT2D eigenvalue weighted by Gasteiger charge is -2.21. The van der Waals surface area contributed by atoms with Crippen molar-refractivity contribution in [1.82, 2.24) is 0 Å². The van der Waals surface area contributed by atoms with E-state index in [-0.39, 0.29) is 25.7 Å². The minimum absolute atomic E-state index is 0.103. The maximum absolute atomic E-state index is 13.0. The van der Waals surface area contributed by atoms with E-state index in [1.165, 1.54) is 116 Å². The van der Waals surface area contributed by atoms with Gasteiger partial charge in [0.15, 0.2) is 12.2 Å². The number of hydrogen-bond acceptors (Lipinski definition) is 15. The highest BCUT2D eigenvalue weighted by molar-refractivity contribution is 7.47. The van der Waals surface area contributed by atoms with Gasteiger partial charge in [0, 0.05) is 25.7 Å². The van der Waals surface area contributed by atoms with Crippen molar-refractivity contribution in [3.8, 4) is 0 Å². The summed E-state index contributed by atoms with van der Waals surface area (Å²) >= 11 is 0. The Kier molecular flexibility index (Phi) is 56.4. The molecule has 0 aromatic carbocycles. The number of carbonyl (C=O) groups excluding carboxylic acids is 4. The number of carbonyl (C=O) groups is 4. The number of rotatable bonds is 64. The molecule has 0 aliphatic heterocycles. The van der Waals surface area contributed by atoms with E-state index in [9.17, 15) is 43.2 Å². The molecule has 0 bridgehead atoms. The van der Waals surface area contributed by atoms with Gasteiger partial charge in [0.05, 0.1) is 26.4 Å². The van der Waals surface area contributed by atoms with Crippen LogP contribution in [-0.2, 0) is 65.4 Å². The Morgan fingerprint density at radius 2 is 0.554 bits per heavy atom. The Hall–Kier alpha value is -1.94. The molecule has 0 saturated carbocycles. The summed E-state index contributed by atoms with van der Waals surface area (Å²) in [6.45, 7) is 7.12. The van der Waals surface area contributed by atoms with Crippen molar-refractivity contribution in [2.75, 3.05) is 39.6 Å². The molecule has 0 amide bonds. The van der Waals surface area contributed by atoms with Crippen molar-refractivity contribution in [2.45, 2.75) is 342 Å². The van der Waals surface area contributed by atoms with Crippen LogP contribution in [0, 0.1) is 5.92 Å². The van der Waals surface area contributed by atoms with Crippen molar-refractivity contribution in [3.05, 3.63) is 0 Å². The maximum Gasteiger partial charge on any atom is 0.472 e. The van der Waals surface area contributed by atoms with Gasteiger partial charge in [-0.1, -0.05) is 272 Å². The van der Waals surface area contributed by atoms with Crippen LogP contribution >= 0.6 is 15.6 Å². The smallest absolute Gasteiger partial charge is 0.462 e. The summed E-state index contributed by atoms with van der Waals surface area (Å²) in [4.78, 5) is 71.8. The molecule has 0 aliphatic carbocycles. The quantitative estimate of drug-likeness (QED) is 0.0222. The monoisotopic (exact) mass is 1230 g/mol. The third kappa shape index (κ3) is 58.8. The first-order valence-corrected chi connectivity index (χ1v) is 36.6. The zero-order valence-corrected chi connectivity index (χ0v) is 55.1. The molecule has 0 aromatic heterocycles. The maximum atomic E-state index is 13.0. The Morgan fingerprint density at radius 1 is 0.325 bits per heavy atom. The van der Waals surface area contributed by atoms with E-state index in [1.807, 2.05) is 0 Å². The first-order chi connectivity index (χ1) is 40.0. The minimum atomic E-state index is -4.94. The molecule has 0 saturated heterocycles. The van der Waals surface area contributed by atoms with E-state index in [4.69, 9.17) is 37.0 Å². The first-order valence-electron chi connectivity index (χ1n) is 33.6. The number of esters is 4. The van der Waals surface area contributed by atoms with Crippen LogP contribution in [0.5, 0.6) is 0 Å². The van der Waals surface area contributed by atoms with E-state index in [1.54, 1.807) is 0 Å². The summed E-state index contributed by atoms with van der Waals surface area (Å²) in [5.74, 6) is -1.32. The average molecular weight is 1230 g/mol. The molecule has 0 heterocycles. The normalized spacial score (nSPS) is 14.2. The molecule has 492 valence electrons. The number of aliphatic hydroxyl groups excluding tert-OH is 1. The van der Waals surface area contributed by atoms with Crippen molar-refractivity contribution in [2.24, 2.45) is 5.92 Å². The molecule has 3 N–H and O–H groups in total. The lowest BCUT2D eigenvalue weighted by atomic mass is 10.0. The first kappa shape index (κ1) is 81.1. The molecule has 0 aromatic rings. The third-order valence-corrected chi connectivity index (χ3v) is 16.7. The molecule has 5 atom stereocenters. The predicted molar refractivity (Wildman–Crippen MR) is 331 cm³/mol. The van der Waals surface area contributed by atoms with E-state index in [0.717, 1.165) is 128 Å². The Bertz CT molecular complexity index is 1620. The third-order valence-electron chi connectivity index (χ3n) is 14.8. The highest BCUT2D eigenvalue weighted by Gasteiger charge is 2.30. The molecule has 0 spiro atoms. The molecule has 0 rings (SSSR count). The zero-order chi connectivity index (χ0) is 61.3. The molecule has 0 fully saturated rings. The van der Waals surface area contributed by atoms with E-state index >= 15 is 0 Å². The van der Waals surface area contributed by atoms with Crippen LogP contribution in [-0.4, -0.2) is 96.7 Å². The second kappa shape index (κ2) is 57.8. The summed E-state index contributed by atoms with van der Waals surface area (Å²) in [6.07, 6.45) is 42.2. The number of aliphatic hydroxyl groups is 1. The van der Waals surface area contributed by atoms with Crippen molar-refractivity contribution in [3.63, 3.8) is 0 Å². The summed E-state index contributed by atoms with van der Waals surface area (Å²) in [5, 5.41) is 10.5. The summed E-state index contributed by atoms with van der Waals surface area (Å²) in [6, 6.07) is 0. The standard InChI is InChI=1S/C64H124O17P2/c1-6-9-12-15-18-34-38-43-48-62(67)75-54-60(81-64(69)50-45-40-35-30-28-26-24-22-20-19-21-23-25-27-29-33-36-41-46-57(4)5)56-79-83(72,73)77-52-58(65)51-76-82(70,71)78-55-59(80-63(68)49-44-39-32-17-14-11-8-3)53-74-61(66)47-42-37-31-16-13-10-7-2/h57-60,65H,6-56H2,1-5H3,(H,70,71)(H,72,73)/t58-,59+,60+/m0/s1. The van der Waals surface area contributed by atoms with Gasteiger partial charge >= 0.3 is 39.5 Å². The zero-order valence-electron chi connectivity index (χ0n) is 53.3. The number of unbranched alkanes of at least 4 members (excludes halogenated alkanes) is 36. The van der Waals surface area contributed by atoms with Gasteiger partial charge in [-0.2, -0.15) is 0 Å². The summed E-state index contributed by atoms with van der Waals surface area (Å²) < 4.78 is 67.7. The largest absolute Gasteiger partial charge is 0.472 e. The van der Waals surface area contributed by atoms with Crippen molar-refractivity contribution >= 4 is 39.5 Å². The van der Waals surface area contributed by atoms with Gasteiger partial charge in [-0.25, -0.2) is 9.13 Å². The lowest BCUT2D eigenvalue weighted by molar-refractivity contribution is -0.161. The Labute approximate surface area is 505 Å². The Balaban J connectivity index is 5.03. The molecule has 17 nitrogen and oxygen atoms in total. The van der Waals surface area contributed by atoms with Gasteiger partial charge in [-0.05, 0) is 31.6 Å². The van der Waals surface area contributed by atoms with E-state index in [2.05, 4.69) is 34.6 Å². The second-order valence-electron chi connectivity index (χ2n) is 23.6.